The first kappa shape index (κ1) is 19.6. The first-order valence-corrected chi connectivity index (χ1v) is 8.77. The fourth-order valence-corrected chi connectivity index (χ4v) is 4.36. The minimum Gasteiger partial charge on any atom is -0.370 e. The molecule has 0 radical (unpaired) electrons. The fraction of sp³-hybridized carbons (Fsp3) is 0.429. The van der Waals surface area contributed by atoms with Gasteiger partial charge in [-0.25, -0.2) is 8.42 Å². The number of hydrogen-bond donors (Lipinski definition) is 2. The largest absolute Gasteiger partial charge is 0.370 e. The van der Waals surface area contributed by atoms with E-state index in [1.165, 1.54) is 6.92 Å². The predicted octanol–water partition coefficient (Wildman–Crippen LogP) is 1.28. The zero-order valence-electron chi connectivity index (χ0n) is 13.6. The average molecular weight is 356 g/mol. The van der Waals surface area contributed by atoms with Crippen LogP contribution in [0.25, 0.3) is 0 Å². The third-order valence-corrected chi connectivity index (χ3v) is 6.10. The monoisotopic (exact) mass is 356 g/mol. The maximum absolute atomic E-state index is 12.7. The Hall–Kier alpha value is -2.49. The van der Waals surface area contributed by atoms with Crippen LogP contribution in [0.2, 0.25) is 0 Å². The van der Waals surface area contributed by atoms with Crippen LogP contribution in [0.5, 0.6) is 0 Å². The summed E-state index contributed by atoms with van der Waals surface area (Å²) in [6.07, 6.45) is 0.646. The number of aryl methyl sites for hydroxylation is 1. The lowest BCUT2D eigenvalue weighted by molar-refractivity contribution is -0.387. The van der Waals surface area contributed by atoms with E-state index in [-0.39, 0.29) is 11.1 Å². The minimum atomic E-state index is -3.90. The van der Waals surface area contributed by atoms with Crippen molar-refractivity contribution >= 4 is 27.4 Å². The second-order valence-corrected chi connectivity index (χ2v) is 7.41. The molecule has 4 N–H and O–H groups in total. The molecular weight excluding hydrogens is 336 g/mol. The van der Waals surface area contributed by atoms with Gasteiger partial charge in [0.2, 0.25) is 0 Å². The Morgan fingerprint density at radius 2 is 1.83 bits per heavy atom. The van der Waals surface area contributed by atoms with Gasteiger partial charge in [-0.15, -0.1) is 0 Å². The number of nitrogens with two attached hydrogens (primary N) is 2. The summed E-state index contributed by atoms with van der Waals surface area (Å²) < 4.78 is 25.3. The maximum Gasteiger partial charge on any atom is 0.288 e. The van der Waals surface area contributed by atoms with Gasteiger partial charge in [-0.05, 0) is 31.4 Å². The highest BCUT2D eigenvalue weighted by Crippen LogP contribution is 2.32. The van der Waals surface area contributed by atoms with Crippen molar-refractivity contribution in [1.82, 2.24) is 0 Å². The second kappa shape index (κ2) is 7.39. The number of carbonyl (C=O) groups excluding carboxylic acids is 1. The molecule has 0 spiro atoms. The van der Waals surface area contributed by atoms with Gasteiger partial charge in [0.1, 0.15) is 4.90 Å². The normalized spacial score (nSPS) is 11.3. The number of benzene rings is 1. The summed E-state index contributed by atoms with van der Waals surface area (Å²) >= 11 is 0. The number of rotatable bonds is 6. The van der Waals surface area contributed by atoms with Crippen molar-refractivity contribution in [3.8, 4) is 0 Å². The highest BCUT2D eigenvalue weighted by Gasteiger charge is 2.33. The molecule has 24 heavy (non-hydrogen) atoms. The van der Waals surface area contributed by atoms with Crippen LogP contribution >= 0.6 is 0 Å². The van der Waals surface area contributed by atoms with E-state index in [1.807, 2.05) is 0 Å². The van der Waals surface area contributed by atoms with Crippen molar-refractivity contribution in [1.29, 1.82) is 0 Å². The van der Waals surface area contributed by atoms with E-state index in [0.717, 1.165) is 12.1 Å². The molecule has 1 aromatic carbocycles. The van der Waals surface area contributed by atoms with E-state index in [4.69, 9.17) is 11.5 Å². The van der Waals surface area contributed by atoms with Gasteiger partial charge in [-0.1, -0.05) is 13.8 Å². The highest BCUT2D eigenvalue weighted by atomic mass is 32.2. The lowest BCUT2D eigenvalue weighted by Crippen LogP contribution is -2.24. The Morgan fingerprint density at radius 1 is 1.29 bits per heavy atom. The first-order valence-electron chi connectivity index (χ1n) is 7.23. The van der Waals surface area contributed by atoms with Gasteiger partial charge in [0.05, 0.1) is 15.7 Å². The molecule has 1 amide bonds. The molecule has 132 valence electrons. The van der Waals surface area contributed by atoms with Gasteiger partial charge >= 0.3 is 0 Å². The maximum atomic E-state index is 12.7. The van der Waals surface area contributed by atoms with E-state index >= 15 is 0 Å². The average Bonchev–Trinajstić information content (AvgIpc) is 2.46. The van der Waals surface area contributed by atoms with Crippen LogP contribution in [0, 0.1) is 17.0 Å². The summed E-state index contributed by atoms with van der Waals surface area (Å²) in [5, 5.41) is 10.6. The molecule has 0 unspecified atom stereocenters. The van der Waals surface area contributed by atoms with Crippen molar-refractivity contribution in [3.05, 3.63) is 33.4 Å². The molecule has 0 fully saturated rings. The molecule has 0 aliphatic rings. The summed E-state index contributed by atoms with van der Waals surface area (Å²) in [5.74, 6) is -1.36. The first-order chi connectivity index (χ1) is 11.1. The molecule has 0 aliphatic heterocycles. The van der Waals surface area contributed by atoms with Crippen LogP contribution in [0.4, 0.5) is 5.69 Å². The number of aliphatic imine (C=N–C) groups is 1. The predicted molar refractivity (Wildman–Crippen MR) is 89.5 cm³/mol. The van der Waals surface area contributed by atoms with Crippen LogP contribution < -0.4 is 11.5 Å². The van der Waals surface area contributed by atoms with Gasteiger partial charge < -0.3 is 11.5 Å². The third-order valence-electron chi connectivity index (χ3n) is 3.62. The smallest absolute Gasteiger partial charge is 0.288 e. The van der Waals surface area contributed by atoms with Crippen molar-refractivity contribution in [2.75, 3.05) is 0 Å². The lowest BCUT2D eigenvalue weighted by atomic mass is 10.1. The number of nitro benzene ring substituents is 1. The van der Waals surface area contributed by atoms with Gasteiger partial charge in [0.25, 0.3) is 11.6 Å². The molecule has 1 aromatic rings. The minimum absolute atomic E-state index is 0.126. The van der Waals surface area contributed by atoms with Crippen LogP contribution in [0.3, 0.4) is 0 Å². The third kappa shape index (κ3) is 3.88. The zero-order chi connectivity index (χ0) is 18.7. The quantitative estimate of drug-likeness (QED) is 0.336. The van der Waals surface area contributed by atoms with Crippen molar-refractivity contribution < 1.29 is 18.1 Å². The molecule has 0 atom stereocenters. The Labute approximate surface area is 139 Å². The van der Waals surface area contributed by atoms with Gasteiger partial charge in [-0.3, -0.25) is 14.9 Å². The second-order valence-electron chi connectivity index (χ2n) is 5.22. The van der Waals surface area contributed by atoms with Crippen LogP contribution in [-0.2, 0) is 9.84 Å². The molecule has 0 aromatic heterocycles. The number of nitro groups is 1. The fourth-order valence-electron chi connectivity index (χ4n) is 2.36. The van der Waals surface area contributed by atoms with Gasteiger partial charge in [0.15, 0.2) is 15.8 Å². The molecule has 0 aliphatic carbocycles. The van der Waals surface area contributed by atoms with Crippen LogP contribution in [0.15, 0.2) is 22.0 Å². The summed E-state index contributed by atoms with van der Waals surface area (Å²) in [4.78, 5) is 25.4. The molecule has 10 heteroatoms. The van der Waals surface area contributed by atoms with Crippen LogP contribution in [-0.4, -0.2) is 30.5 Å². The van der Waals surface area contributed by atoms with E-state index in [2.05, 4.69) is 4.99 Å². The standard InChI is InChI=1S/C14H20N4O5S/c1-4-9(5-2)24(22,23)12-6-8(3)10(7-11(12)18(20)21)13(19)17-14(15)16/h6-7,9H,4-5H2,1-3H3,(H4,15,16,17,19). The SMILES string of the molecule is CCC(CC)S(=O)(=O)c1cc(C)c(C(=O)N=C(N)N)cc1[N+](=O)[O-]. The zero-order valence-corrected chi connectivity index (χ0v) is 14.5. The summed E-state index contributed by atoms with van der Waals surface area (Å²) in [6, 6.07) is 2.03. The molecule has 9 nitrogen and oxygen atoms in total. The van der Waals surface area contributed by atoms with E-state index in [9.17, 15) is 23.3 Å². The van der Waals surface area contributed by atoms with Crippen LogP contribution in [0.1, 0.15) is 42.6 Å². The Morgan fingerprint density at radius 3 is 2.25 bits per heavy atom. The molecule has 0 saturated carbocycles. The number of sulfone groups is 1. The highest BCUT2D eigenvalue weighted by molar-refractivity contribution is 7.92. The molecular formula is C14H20N4O5S. The van der Waals surface area contributed by atoms with Gasteiger partial charge in [0, 0.05) is 6.07 Å². The number of hydrogen-bond acceptors (Lipinski definition) is 5. The Balaban J connectivity index is 3.67. The van der Waals surface area contributed by atoms with Gasteiger partial charge in [-0.2, -0.15) is 4.99 Å². The molecule has 0 bridgehead atoms. The number of nitrogens with zero attached hydrogens (tertiary/aromatic N) is 2. The summed E-state index contributed by atoms with van der Waals surface area (Å²) in [6.45, 7) is 4.85. The number of carbonyl (C=O) groups is 1. The topological polar surface area (TPSA) is 159 Å². The number of amides is 1. The van der Waals surface area contributed by atoms with Crippen molar-refractivity contribution in [2.24, 2.45) is 16.5 Å². The molecule has 1 rings (SSSR count). The summed E-state index contributed by atoms with van der Waals surface area (Å²) in [5.41, 5.74) is 9.71. The lowest BCUT2D eigenvalue weighted by Gasteiger charge is -2.15. The molecule has 0 saturated heterocycles. The van der Waals surface area contributed by atoms with E-state index in [1.54, 1.807) is 13.8 Å². The molecule has 0 heterocycles. The van der Waals surface area contributed by atoms with E-state index in [0.29, 0.717) is 12.8 Å². The van der Waals surface area contributed by atoms with Crippen molar-refractivity contribution in [3.63, 3.8) is 0 Å². The Kier molecular flexibility index (Phi) is 6.02. The van der Waals surface area contributed by atoms with Crippen molar-refractivity contribution in [2.45, 2.75) is 43.8 Å². The Bertz CT molecular complexity index is 794. The summed E-state index contributed by atoms with van der Waals surface area (Å²) in [7, 11) is -3.90. The number of guanidine groups is 1. The van der Waals surface area contributed by atoms with E-state index < -0.39 is 42.5 Å².